The Balaban J connectivity index is 1.75. The van der Waals surface area contributed by atoms with Gasteiger partial charge in [0.1, 0.15) is 5.01 Å². The third-order valence-electron chi connectivity index (χ3n) is 6.65. The number of benzene rings is 1. The Morgan fingerprint density at radius 1 is 1.42 bits per heavy atom. The molecule has 1 N–H and O–H groups in total. The van der Waals surface area contributed by atoms with Crippen molar-refractivity contribution in [3.05, 3.63) is 41.4 Å². The predicted octanol–water partition coefficient (Wildman–Crippen LogP) is 5.56. The number of hydrogen-bond donors (Lipinski definition) is 1. The van der Waals surface area contributed by atoms with Gasteiger partial charge in [0.2, 0.25) is 0 Å². The van der Waals surface area contributed by atoms with Crippen LogP contribution in [0.4, 0.5) is 4.79 Å². The molecule has 1 amide bonds. The SMILES string of the molecule is CN(C(=O)O)[C@H](CN1CCC(O[Si](C)(C)C(C)(C)C)C1)c1cccc(-c2nccs2)c1. The molecule has 0 saturated carbocycles. The van der Waals surface area contributed by atoms with Crippen LogP contribution >= 0.6 is 11.3 Å². The van der Waals surface area contributed by atoms with Crippen LogP contribution in [0.3, 0.4) is 0 Å². The number of aromatic nitrogens is 1. The third-order valence-corrected chi connectivity index (χ3v) is 12.0. The molecule has 8 heteroatoms. The molecule has 2 aromatic rings. The van der Waals surface area contributed by atoms with Gasteiger partial charge in [-0.2, -0.15) is 0 Å². The van der Waals surface area contributed by atoms with E-state index in [-0.39, 0.29) is 17.2 Å². The van der Waals surface area contributed by atoms with E-state index in [1.807, 2.05) is 23.6 Å². The minimum absolute atomic E-state index is 0.183. The van der Waals surface area contributed by atoms with Crippen molar-refractivity contribution in [2.75, 3.05) is 26.7 Å². The van der Waals surface area contributed by atoms with Gasteiger partial charge in [-0.15, -0.1) is 11.3 Å². The molecule has 1 saturated heterocycles. The van der Waals surface area contributed by atoms with Crippen LogP contribution in [0.25, 0.3) is 10.6 Å². The zero-order chi connectivity index (χ0) is 22.8. The van der Waals surface area contributed by atoms with Gasteiger partial charge >= 0.3 is 6.09 Å². The van der Waals surface area contributed by atoms with Crippen molar-refractivity contribution in [2.24, 2.45) is 0 Å². The fraction of sp³-hybridized carbons (Fsp3) is 0.565. The fourth-order valence-electron chi connectivity index (χ4n) is 3.73. The Morgan fingerprint density at radius 2 is 2.16 bits per heavy atom. The van der Waals surface area contributed by atoms with E-state index >= 15 is 0 Å². The molecule has 0 aliphatic carbocycles. The summed E-state index contributed by atoms with van der Waals surface area (Å²) in [7, 11) is -0.163. The van der Waals surface area contributed by atoms with E-state index in [1.54, 1.807) is 24.6 Å². The highest BCUT2D eigenvalue weighted by atomic mass is 32.1. The Labute approximate surface area is 191 Å². The van der Waals surface area contributed by atoms with E-state index in [0.717, 1.165) is 35.6 Å². The van der Waals surface area contributed by atoms with Gasteiger partial charge in [0.15, 0.2) is 8.32 Å². The minimum Gasteiger partial charge on any atom is -0.465 e. The average molecular weight is 462 g/mol. The van der Waals surface area contributed by atoms with Crippen LogP contribution in [0.1, 0.15) is 38.8 Å². The summed E-state index contributed by atoms with van der Waals surface area (Å²) in [4.78, 5) is 20.0. The number of thiazole rings is 1. The van der Waals surface area contributed by atoms with Crippen LogP contribution in [0.2, 0.25) is 18.1 Å². The summed E-state index contributed by atoms with van der Waals surface area (Å²) in [5, 5.41) is 12.8. The molecule has 1 aliphatic heterocycles. The van der Waals surface area contributed by atoms with Gasteiger partial charge in [-0.25, -0.2) is 9.78 Å². The molecule has 1 fully saturated rings. The van der Waals surface area contributed by atoms with E-state index in [0.29, 0.717) is 6.54 Å². The molecule has 0 radical (unpaired) electrons. The second kappa shape index (κ2) is 9.40. The lowest BCUT2D eigenvalue weighted by Crippen LogP contribution is -2.45. The van der Waals surface area contributed by atoms with Gasteiger partial charge in [0.25, 0.3) is 0 Å². The molecule has 170 valence electrons. The largest absolute Gasteiger partial charge is 0.465 e. The van der Waals surface area contributed by atoms with Crippen molar-refractivity contribution in [3.63, 3.8) is 0 Å². The van der Waals surface area contributed by atoms with Crippen molar-refractivity contribution in [2.45, 2.75) is 57.5 Å². The Bertz CT molecular complexity index is 882. The predicted molar refractivity (Wildman–Crippen MR) is 129 cm³/mol. The van der Waals surface area contributed by atoms with Crippen LogP contribution in [-0.2, 0) is 4.43 Å². The highest BCUT2D eigenvalue weighted by Gasteiger charge is 2.40. The van der Waals surface area contributed by atoms with Crippen molar-refractivity contribution < 1.29 is 14.3 Å². The smallest absolute Gasteiger partial charge is 0.407 e. The molecule has 2 heterocycles. The topological polar surface area (TPSA) is 65.9 Å². The fourth-order valence-corrected chi connectivity index (χ4v) is 5.74. The maximum absolute atomic E-state index is 11.8. The lowest BCUT2D eigenvalue weighted by atomic mass is 10.0. The summed E-state index contributed by atoms with van der Waals surface area (Å²) in [5.74, 6) is 0. The molecular formula is C23H35N3O3SSi. The second-order valence-electron chi connectivity index (χ2n) is 9.92. The summed E-state index contributed by atoms with van der Waals surface area (Å²) in [6.45, 7) is 13.8. The molecule has 31 heavy (non-hydrogen) atoms. The van der Waals surface area contributed by atoms with Gasteiger partial charge < -0.3 is 14.4 Å². The van der Waals surface area contributed by atoms with Crippen molar-refractivity contribution >= 4 is 25.7 Å². The highest BCUT2D eigenvalue weighted by Crippen LogP contribution is 2.38. The number of likely N-dealkylation sites (N-methyl/N-ethyl adjacent to an activating group) is 1. The number of likely N-dealkylation sites (tertiary alicyclic amines) is 1. The minimum atomic E-state index is -1.82. The number of amides is 1. The molecule has 1 aromatic carbocycles. The van der Waals surface area contributed by atoms with E-state index < -0.39 is 14.4 Å². The lowest BCUT2D eigenvalue weighted by Gasteiger charge is -2.38. The summed E-state index contributed by atoms with van der Waals surface area (Å²) >= 11 is 1.59. The van der Waals surface area contributed by atoms with E-state index in [4.69, 9.17) is 4.43 Å². The first-order valence-electron chi connectivity index (χ1n) is 10.8. The molecule has 1 unspecified atom stereocenters. The van der Waals surface area contributed by atoms with E-state index in [1.165, 1.54) is 4.90 Å². The molecule has 0 bridgehead atoms. The van der Waals surface area contributed by atoms with Crippen LogP contribution in [0, 0.1) is 0 Å². The summed E-state index contributed by atoms with van der Waals surface area (Å²) in [5.41, 5.74) is 2.02. The normalized spacial score (nSPS) is 18.8. The number of nitrogens with zero attached hydrogens (tertiary/aromatic N) is 3. The summed E-state index contributed by atoms with van der Waals surface area (Å²) < 4.78 is 6.62. The van der Waals surface area contributed by atoms with Crippen molar-refractivity contribution in [1.82, 2.24) is 14.8 Å². The lowest BCUT2D eigenvalue weighted by molar-refractivity contribution is 0.121. The van der Waals surface area contributed by atoms with Crippen LogP contribution in [-0.4, -0.2) is 67.1 Å². The van der Waals surface area contributed by atoms with Gasteiger partial charge in [-0.05, 0) is 36.2 Å². The maximum atomic E-state index is 11.8. The Kier molecular flexibility index (Phi) is 7.25. The molecule has 1 aliphatic rings. The van der Waals surface area contributed by atoms with Crippen molar-refractivity contribution in [3.8, 4) is 10.6 Å². The van der Waals surface area contributed by atoms with E-state index in [2.05, 4.69) is 49.8 Å². The standard InChI is InChI=1S/C23H35N3O3SSi/c1-23(2,3)31(5,6)29-19-10-12-26(15-19)16-20(25(4)22(27)28)17-8-7-9-18(14-17)21-24-11-13-30-21/h7-9,11,13-14,19-20H,10,12,15-16H2,1-6H3,(H,27,28)/t19?,20-/m1/s1. The van der Waals surface area contributed by atoms with Crippen LogP contribution < -0.4 is 0 Å². The Hall–Kier alpha value is -1.74. The van der Waals surface area contributed by atoms with Crippen LogP contribution in [0.15, 0.2) is 35.8 Å². The molecule has 3 rings (SSSR count). The Morgan fingerprint density at radius 3 is 2.77 bits per heavy atom. The number of hydrogen-bond acceptors (Lipinski definition) is 5. The quantitative estimate of drug-likeness (QED) is 0.547. The molecule has 1 aromatic heterocycles. The van der Waals surface area contributed by atoms with Gasteiger partial charge in [-0.3, -0.25) is 4.90 Å². The molecule has 6 nitrogen and oxygen atoms in total. The molecule has 0 spiro atoms. The van der Waals surface area contributed by atoms with Crippen LogP contribution in [0.5, 0.6) is 0 Å². The number of carbonyl (C=O) groups is 1. The van der Waals surface area contributed by atoms with Crippen molar-refractivity contribution in [1.29, 1.82) is 0 Å². The van der Waals surface area contributed by atoms with Gasteiger partial charge in [0, 0.05) is 43.8 Å². The van der Waals surface area contributed by atoms with Gasteiger partial charge in [-0.1, -0.05) is 39.0 Å². The second-order valence-corrected chi connectivity index (χ2v) is 15.6. The number of carboxylic acid groups (broad SMARTS) is 1. The third kappa shape index (κ3) is 5.74. The highest BCUT2D eigenvalue weighted by molar-refractivity contribution is 7.13. The average Bonchev–Trinajstić information content (AvgIpc) is 3.36. The molecular weight excluding hydrogens is 426 g/mol. The summed E-state index contributed by atoms with van der Waals surface area (Å²) in [6.07, 6.45) is 2.09. The summed E-state index contributed by atoms with van der Waals surface area (Å²) in [6, 6.07) is 7.86. The van der Waals surface area contributed by atoms with E-state index in [9.17, 15) is 9.90 Å². The first-order chi connectivity index (χ1) is 14.5. The number of rotatable bonds is 7. The van der Waals surface area contributed by atoms with Gasteiger partial charge in [0.05, 0.1) is 12.1 Å². The monoisotopic (exact) mass is 461 g/mol. The zero-order valence-corrected chi connectivity index (χ0v) is 21.3. The maximum Gasteiger partial charge on any atom is 0.407 e. The zero-order valence-electron chi connectivity index (χ0n) is 19.5. The molecule has 2 atom stereocenters. The first-order valence-corrected chi connectivity index (χ1v) is 14.6. The first kappa shape index (κ1) is 23.9.